The van der Waals surface area contributed by atoms with E-state index in [1.54, 1.807) is 12.0 Å². The third kappa shape index (κ3) is 3.07. The van der Waals surface area contributed by atoms with Crippen molar-refractivity contribution < 1.29 is 14.3 Å². The first-order valence-corrected chi connectivity index (χ1v) is 9.44. The maximum absolute atomic E-state index is 13.4. The van der Waals surface area contributed by atoms with Crippen LogP contribution in [0.3, 0.4) is 0 Å². The van der Waals surface area contributed by atoms with Crippen LogP contribution in [0.15, 0.2) is 48.5 Å². The first kappa shape index (κ1) is 17.6. The summed E-state index contributed by atoms with van der Waals surface area (Å²) in [6.07, 6.45) is 3.15. The molecule has 3 atom stereocenters. The summed E-state index contributed by atoms with van der Waals surface area (Å²) in [5.74, 6) is 0.814. The van der Waals surface area contributed by atoms with E-state index in [2.05, 4.69) is 0 Å². The Balaban J connectivity index is 1.71. The minimum Gasteiger partial charge on any atom is -0.497 e. The molecule has 1 aliphatic heterocycles. The zero-order valence-electron chi connectivity index (χ0n) is 15.4. The van der Waals surface area contributed by atoms with Gasteiger partial charge < -0.3 is 15.4 Å². The average molecular weight is 364 g/mol. The zero-order chi connectivity index (χ0) is 19.0. The summed E-state index contributed by atoms with van der Waals surface area (Å²) < 4.78 is 5.32. The molecule has 2 aromatic rings. The average Bonchev–Trinajstić information content (AvgIpc) is 3.28. The fourth-order valence-corrected chi connectivity index (χ4v) is 4.75. The van der Waals surface area contributed by atoms with Gasteiger partial charge in [0, 0.05) is 12.1 Å². The first-order valence-electron chi connectivity index (χ1n) is 9.44. The van der Waals surface area contributed by atoms with Crippen LogP contribution in [0.25, 0.3) is 11.1 Å². The summed E-state index contributed by atoms with van der Waals surface area (Å²) in [6, 6.07) is 14.7. The van der Waals surface area contributed by atoms with Crippen molar-refractivity contribution in [3.63, 3.8) is 0 Å². The number of nitrogens with zero attached hydrogens (tertiary/aromatic N) is 1. The molecule has 0 unspecified atom stereocenters. The van der Waals surface area contributed by atoms with Crippen molar-refractivity contribution in [1.82, 2.24) is 4.90 Å². The zero-order valence-corrected chi connectivity index (χ0v) is 15.4. The van der Waals surface area contributed by atoms with Crippen LogP contribution in [0.2, 0.25) is 0 Å². The summed E-state index contributed by atoms with van der Waals surface area (Å²) in [5, 5.41) is 0. The molecule has 5 nitrogen and oxygen atoms in total. The third-order valence-corrected chi connectivity index (χ3v) is 5.98. The van der Waals surface area contributed by atoms with E-state index in [0.29, 0.717) is 18.0 Å². The Kier molecular flexibility index (Phi) is 4.60. The number of carbonyl (C=O) groups is 2. The molecule has 1 saturated heterocycles. The number of fused-ring (bicyclic) bond motifs is 1. The van der Waals surface area contributed by atoms with Crippen LogP contribution in [0.4, 0.5) is 0 Å². The van der Waals surface area contributed by atoms with Crippen molar-refractivity contribution in [2.45, 2.75) is 25.3 Å². The monoisotopic (exact) mass is 364 g/mol. The third-order valence-electron chi connectivity index (χ3n) is 5.98. The van der Waals surface area contributed by atoms with Crippen LogP contribution >= 0.6 is 0 Å². The topological polar surface area (TPSA) is 72.6 Å². The van der Waals surface area contributed by atoms with Gasteiger partial charge in [-0.15, -0.1) is 0 Å². The summed E-state index contributed by atoms with van der Waals surface area (Å²) in [4.78, 5) is 27.3. The number of hydrogen-bond acceptors (Lipinski definition) is 3. The smallest absolute Gasteiger partial charge is 0.255 e. The quantitative estimate of drug-likeness (QED) is 0.906. The highest BCUT2D eigenvalue weighted by molar-refractivity contribution is 6.03. The lowest BCUT2D eigenvalue weighted by Gasteiger charge is -2.26. The van der Waals surface area contributed by atoms with Gasteiger partial charge in [-0.3, -0.25) is 9.59 Å². The van der Waals surface area contributed by atoms with Gasteiger partial charge in [0.15, 0.2) is 0 Å². The Bertz CT molecular complexity index is 879. The van der Waals surface area contributed by atoms with E-state index in [1.807, 2.05) is 48.5 Å². The van der Waals surface area contributed by atoms with E-state index >= 15 is 0 Å². The molecule has 0 radical (unpaired) electrons. The highest BCUT2D eigenvalue weighted by Crippen LogP contribution is 2.43. The van der Waals surface area contributed by atoms with E-state index < -0.39 is 11.9 Å². The highest BCUT2D eigenvalue weighted by atomic mass is 16.5. The molecule has 0 spiro atoms. The van der Waals surface area contributed by atoms with Crippen LogP contribution in [0, 0.1) is 11.8 Å². The fraction of sp³-hybridized carbons (Fsp3) is 0.364. The largest absolute Gasteiger partial charge is 0.497 e. The molecule has 4 rings (SSSR count). The lowest BCUT2D eigenvalue weighted by molar-refractivity contribution is -0.122. The van der Waals surface area contributed by atoms with Crippen LogP contribution in [-0.4, -0.2) is 36.4 Å². The summed E-state index contributed by atoms with van der Waals surface area (Å²) in [7, 11) is 1.62. The van der Waals surface area contributed by atoms with E-state index in [4.69, 9.17) is 10.5 Å². The van der Waals surface area contributed by atoms with Crippen LogP contribution in [0.1, 0.15) is 29.6 Å². The molecule has 27 heavy (non-hydrogen) atoms. The standard InChI is InChI=1S/C22H24N2O3/c1-27-16-8-4-6-14(12-16)17-9-2-3-10-19(17)22(26)24-13-15-7-5-11-18(15)20(24)21(23)25/h2-4,6,8-10,12,15,18,20H,5,7,11,13H2,1H3,(H2,23,25)/t15-,18-,20-/m0/s1. The maximum Gasteiger partial charge on any atom is 0.255 e. The van der Waals surface area contributed by atoms with Crippen LogP contribution in [-0.2, 0) is 4.79 Å². The predicted molar refractivity (Wildman–Crippen MR) is 103 cm³/mol. The number of primary amides is 1. The second-order valence-electron chi connectivity index (χ2n) is 7.44. The van der Waals surface area contributed by atoms with E-state index in [1.165, 1.54) is 0 Å². The lowest BCUT2D eigenvalue weighted by Crippen LogP contribution is -2.46. The molecule has 140 valence electrons. The molecular weight excluding hydrogens is 340 g/mol. The van der Waals surface area contributed by atoms with E-state index in [-0.39, 0.29) is 11.8 Å². The van der Waals surface area contributed by atoms with Gasteiger partial charge >= 0.3 is 0 Å². The predicted octanol–water partition coefficient (Wildman–Crippen LogP) is 3.09. The van der Waals surface area contributed by atoms with Crippen molar-refractivity contribution in [3.8, 4) is 16.9 Å². The highest BCUT2D eigenvalue weighted by Gasteiger charge is 2.48. The van der Waals surface area contributed by atoms with Crippen LogP contribution < -0.4 is 10.5 Å². The Labute approximate surface area is 159 Å². The number of ether oxygens (including phenoxy) is 1. The van der Waals surface area contributed by atoms with Crippen molar-refractivity contribution in [3.05, 3.63) is 54.1 Å². The van der Waals surface area contributed by atoms with Gasteiger partial charge in [0.1, 0.15) is 11.8 Å². The minimum atomic E-state index is -0.497. The van der Waals surface area contributed by atoms with Gasteiger partial charge in [-0.05, 0) is 54.0 Å². The molecule has 2 fully saturated rings. The Hall–Kier alpha value is -2.82. The number of carbonyl (C=O) groups excluding carboxylic acids is 2. The molecule has 2 N–H and O–H groups in total. The molecule has 1 saturated carbocycles. The van der Waals surface area contributed by atoms with E-state index in [0.717, 1.165) is 36.1 Å². The number of likely N-dealkylation sites (tertiary alicyclic amines) is 1. The van der Waals surface area contributed by atoms with Gasteiger partial charge in [0.25, 0.3) is 5.91 Å². The Morgan fingerprint density at radius 1 is 1.11 bits per heavy atom. The van der Waals surface area contributed by atoms with Gasteiger partial charge in [-0.2, -0.15) is 0 Å². The lowest BCUT2D eigenvalue weighted by atomic mass is 9.93. The number of hydrogen-bond donors (Lipinski definition) is 1. The molecule has 2 aliphatic rings. The number of amides is 2. The first-order chi connectivity index (χ1) is 13.1. The Morgan fingerprint density at radius 2 is 1.93 bits per heavy atom. The molecular formula is C22H24N2O3. The Morgan fingerprint density at radius 3 is 2.70 bits per heavy atom. The minimum absolute atomic E-state index is 0.119. The molecule has 2 amide bonds. The normalized spacial score (nSPS) is 23.9. The van der Waals surface area contributed by atoms with E-state index in [9.17, 15) is 9.59 Å². The fourth-order valence-electron chi connectivity index (χ4n) is 4.75. The van der Waals surface area contributed by atoms with Crippen molar-refractivity contribution >= 4 is 11.8 Å². The maximum atomic E-state index is 13.4. The number of benzene rings is 2. The van der Waals surface area contributed by atoms with Gasteiger partial charge in [0.2, 0.25) is 5.91 Å². The molecule has 0 aromatic heterocycles. The second kappa shape index (κ2) is 7.06. The van der Waals surface area contributed by atoms with Gasteiger partial charge in [0.05, 0.1) is 7.11 Å². The van der Waals surface area contributed by atoms with Crippen molar-refractivity contribution in [1.29, 1.82) is 0 Å². The molecule has 1 aliphatic carbocycles. The van der Waals surface area contributed by atoms with Gasteiger partial charge in [-0.1, -0.05) is 36.8 Å². The van der Waals surface area contributed by atoms with Crippen LogP contribution in [0.5, 0.6) is 5.75 Å². The molecule has 5 heteroatoms. The summed E-state index contributed by atoms with van der Waals surface area (Å²) >= 11 is 0. The number of rotatable bonds is 4. The number of methoxy groups -OCH3 is 1. The SMILES string of the molecule is COc1cccc(-c2ccccc2C(=O)N2C[C@@H]3CCC[C@@H]3[C@H]2C(N)=O)c1. The molecule has 0 bridgehead atoms. The van der Waals surface area contributed by atoms with Crippen molar-refractivity contribution in [2.24, 2.45) is 17.6 Å². The van der Waals surface area contributed by atoms with Gasteiger partial charge in [-0.25, -0.2) is 0 Å². The molecule has 1 heterocycles. The summed E-state index contributed by atoms with van der Waals surface area (Å²) in [6.45, 7) is 0.615. The number of nitrogens with two attached hydrogens (primary N) is 1. The second-order valence-corrected chi connectivity index (χ2v) is 7.44. The summed E-state index contributed by atoms with van der Waals surface area (Å²) in [5.41, 5.74) is 8.04. The van der Waals surface area contributed by atoms with Crippen molar-refractivity contribution in [2.75, 3.05) is 13.7 Å². The molecule has 2 aromatic carbocycles.